The summed E-state index contributed by atoms with van der Waals surface area (Å²) in [5.41, 5.74) is 2.23. The number of nitrogens with one attached hydrogen (secondary N) is 1. The maximum absolute atomic E-state index is 12.2. The van der Waals surface area contributed by atoms with Gasteiger partial charge in [-0.1, -0.05) is 30.3 Å². The highest BCUT2D eigenvalue weighted by atomic mass is 16.2. The Labute approximate surface area is 140 Å². The van der Waals surface area contributed by atoms with Crippen molar-refractivity contribution in [1.29, 1.82) is 0 Å². The molecule has 1 N–H and O–H groups in total. The standard InChI is InChI=1S/C18H20N4O2/c1-13-10-20-16(11-19-13)18(24)21-15-9-17(23)22(12-15)8-7-14-5-3-2-4-6-14/h2-6,10-11,15H,7-9,12H2,1H3,(H,21,24)/t15-/m1/s1. The fourth-order valence-corrected chi connectivity index (χ4v) is 2.76. The first-order valence-electron chi connectivity index (χ1n) is 8.03. The Balaban J connectivity index is 1.52. The lowest BCUT2D eigenvalue weighted by atomic mass is 10.1. The van der Waals surface area contributed by atoms with E-state index in [1.165, 1.54) is 11.8 Å². The summed E-state index contributed by atoms with van der Waals surface area (Å²) < 4.78 is 0. The molecule has 6 heteroatoms. The van der Waals surface area contributed by atoms with Gasteiger partial charge in [0.25, 0.3) is 5.91 Å². The highest BCUT2D eigenvalue weighted by Gasteiger charge is 2.30. The van der Waals surface area contributed by atoms with Crippen LogP contribution in [0.2, 0.25) is 0 Å². The van der Waals surface area contributed by atoms with Crippen molar-refractivity contribution in [3.8, 4) is 0 Å². The first-order chi connectivity index (χ1) is 11.6. The number of likely N-dealkylation sites (tertiary alicyclic amines) is 1. The zero-order valence-corrected chi connectivity index (χ0v) is 13.6. The Morgan fingerprint density at radius 1 is 1.25 bits per heavy atom. The van der Waals surface area contributed by atoms with Crippen molar-refractivity contribution in [2.75, 3.05) is 13.1 Å². The van der Waals surface area contributed by atoms with Gasteiger partial charge in [0.15, 0.2) is 0 Å². The number of amides is 2. The van der Waals surface area contributed by atoms with Gasteiger partial charge < -0.3 is 10.2 Å². The number of carbonyl (C=O) groups is 2. The number of aromatic nitrogens is 2. The van der Waals surface area contributed by atoms with E-state index >= 15 is 0 Å². The molecule has 0 aliphatic carbocycles. The van der Waals surface area contributed by atoms with E-state index in [1.54, 1.807) is 11.1 Å². The van der Waals surface area contributed by atoms with E-state index in [9.17, 15) is 9.59 Å². The van der Waals surface area contributed by atoms with Crippen LogP contribution in [0.1, 0.15) is 28.2 Å². The molecule has 2 heterocycles. The van der Waals surface area contributed by atoms with Crippen LogP contribution < -0.4 is 5.32 Å². The maximum atomic E-state index is 12.2. The number of carbonyl (C=O) groups excluding carboxylic acids is 2. The van der Waals surface area contributed by atoms with Gasteiger partial charge in [0.2, 0.25) is 5.91 Å². The number of hydrogen-bond donors (Lipinski definition) is 1. The largest absolute Gasteiger partial charge is 0.346 e. The van der Waals surface area contributed by atoms with Gasteiger partial charge in [-0.05, 0) is 18.9 Å². The predicted molar refractivity (Wildman–Crippen MR) is 89.4 cm³/mol. The Morgan fingerprint density at radius 2 is 2.04 bits per heavy atom. The van der Waals surface area contributed by atoms with E-state index in [-0.39, 0.29) is 23.6 Å². The van der Waals surface area contributed by atoms with Crippen LogP contribution in [0.25, 0.3) is 0 Å². The molecule has 1 fully saturated rings. The van der Waals surface area contributed by atoms with E-state index < -0.39 is 0 Å². The highest BCUT2D eigenvalue weighted by Crippen LogP contribution is 2.13. The predicted octanol–water partition coefficient (Wildman–Crippen LogP) is 1.36. The summed E-state index contributed by atoms with van der Waals surface area (Å²) in [5.74, 6) is -0.212. The van der Waals surface area contributed by atoms with Crippen molar-refractivity contribution in [2.45, 2.75) is 25.8 Å². The van der Waals surface area contributed by atoms with Crippen LogP contribution in [0.3, 0.4) is 0 Å². The van der Waals surface area contributed by atoms with Crippen LogP contribution in [0.5, 0.6) is 0 Å². The summed E-state index contributed by atoms with van der Waals surface area (Å²) in [6.07, 6.45) is 4.16. The fourth-order valence-electron chi connectivity index (χ4n) is 2.76. The first kappa shape index (κ1) is 16.1. The summed E-state index contributed by atoms with van der Waals surface area (Å²) >= 11 is 0. The van der Waals surface area contributed by atoms with Crippen molar-refractivity contribution in [2.24, 2.45) is 0 Å². The van der Waals surface area contributed by atoms with Crippen molar-refractivity contribution in [3.63, 3.8) is 0 Å². The summed E-state index contributed by atoms with van der Waals surface area (Å²) in [4.78, 5) is 34.2. The van der Waals surface area contributed by atoms with Crippen LogP contribution >= 0.6 is 0 Å². The van der Waals surface area contributed by atoms with Gasteiger partial charge in [0.1, 0.15) is 5.69 Å². The lowest BCUT2D eigenvalue weighted by Crippen LogP contribution is -2.38. The third-order valence-electron chi connectivity index (χ3n) is 4.08. The van der Waals surface area contributed by atoms with Gasteiger partial charge >= 0.3 is 0 Å². The summed E-state index contributed by atoms with van der Waals surface area (Å²) in [5, 5.41) is 2.87. The second-order valence-electron chi connectivity index (χ2n) is 5.99. The average Bonchev–Trinajstić information content (AvgIpc) is 2.94. The van der Waals surface area contributed by atoms with E-state index in [2.05, 4.69) is 27.4 Å². The second kappa shape index (κ2) is 7.21. The molecule has 0 bridgehead atoms. The molecule has 1 aromatic heterocycles. The third kappa shape index (κ3) is 3.95. The Hall–Kier alpha value is -2.76. The lowest BCUT2D eigenvalue weighted by Gasteiger charge is -2.17. The van der Waals surface area contributed by atoms with Gasteiger partial charge in [0.05, 0.1) is 17.9 Å². The Bertz CT molecular complexity index is 716. The normalized spacial score (nSPS) is 17.1. The highest BCUT2D eigenvalue weighted by molar-refractivity contribution is 5.93. The molecule has 0 saturated carbocycles. The molecule has 1 aliphatic rings. The molecule has 3 rings (SSSR count). The zero-order valence-electron chi connectivity index (χ0n) is 13.6. The summed E-state index contributed by atoms with van der Waals surface area (Å²) in [6, 6.07) is 9.89. The zero-order chi connectivity index (χ0) is 16.9. The lowest BCUT2D eigenvalue weighted by molar-refractivity contribution is -0.127. The molecule has 1 aromatic carbocycles. The Kier molecular flexibility index (Phi) is 4.84. The molecule has 0 unspecified atom stereocenters. The first-order valence-corrected chi connectivity index (χ1v) is 8.03. The van der Waals surface area contributed by atoms with Gasteiger partial charge in [-0.3, -0.25) is 14.6 Å². The smallest absolute Gasteiger partial charge is 0.271 e. The average molecular weight is 324 g/mol. The molecular weight excluding hydrogens is 304 g/mol. The van der Waals surface area contributed by atoms with E-state index in [0.29, 0.717) is 19.5 Å². The molecule has 0 spiro atoms. The van der Waals surface area contributed by atoms with Crippen LogP contribution in [0.4, 0.5) is 0 Å². The van der Waals surface area contributed by atoms with Crippen LogP contribution in [0, 0.1) is 6.92 Å². The van der Waals surface area contributed by atoms with Gasteiger partial charge in [-0.2, -0.15) is 0 Å². The fraction of sp³-hybridized carbons (Fsp3) is 0.333. The third-order valence-corrected chi connectivity index (χ3v) is 4.08. The van der Waals surface area contributed by atoms with Crippen LogP contribution in [0.15, 0.2) is 42.7 Å². The molecule has 2 aromatic rings. The van der Waals surface area contributed by atoms with E-state index in [0.717, 1.165) is 12.1 Å². The summed E-state index contributed by atoms with van der Waals surface area (Å²) in [6.45, 7) is 3.02. The van der Waals surface area contributed by atoms with Crippen molar-refractivity contribution >= 4 is 11.8 Å². The minimum Gasteiger partial charge on any atom is -0.346 e. The van der Waals surface area contributed by atoms with Crippen molar-refractivity contribution in [1.82, 2.24) is 20.2 Å². The summed E-state index contributed by atoms with van der Waals surface area (Å²) in [7, 11) is 0. The monoisotopic (exact) mass is 324 g/mol. The van der Waals surface area contributed by atoms with Crippen molar-refractivity contribution in [3.05, 3.63) is 59.7 Å². The van der Waals surface area contributed by atoms with Gasteiger partial charge in [-0.25, -0.2) is 4.98 Å². The molecule has 124 valence electrons. The van der Waals surface area contributed by atoms with Crippen LogP contribution in [-0.4, -0.2) is 45.8 Å². The van der Waals surface area contributed by atoms with Gasteiger partial charge in [-0.15, -0.1) is 0 Å². The Morgan fingerprint density at radius 3 is 2.75 bits per heavy atom. The van der Waals surface area contributed by atoms with E-state index in [4.69, 9.17) is 0 Å². The molecule has 24 heavy (non-hydrogen) atoms. The SMILES string of the molecule is Cc1cnc(C(=O)N[C@@H]2CC(=O)N(CCc3ccccc3)C2)cn1. The van der Waals surface area contributed by atoms with Crippen LogP contribution in [-0.2, 0) is 11.2 Å². The second-order valence-corrected chi connectivity index (χ2v) is 5.99. The topological polar surface area (TPSA) is 75.2 Å². The minimum atomic E-state index is -0.287. The molecule has 6 nitrogen and oxygen atoms in total. The minimum absolute atomic E-state index is 0.0752. The number of hydrogen-bond acceptors (Lipinski definition) is 4. The maximum Gasteiger partial charge on any atom is 0.271 e. The molecule has 2 amide bonds. The van der Waals surface area contributed by atoms with Gasteiger partial charge in [0, 0.05) is 25.7 Å². The number of aryl methyl sites for hydroxylation is 1. The molecule has 0 radical (unpaired) electrons. The molecule has 1 saturated heterocycles. The van der Waals surface area contributed by atoms with Crippen molar-refractivity contribution < 1.29 is 9.59 Å². The quantitative estimate of drug-likeness (QED) is 0.901. The molecule has 1 aliphatic heterocycles. The number of nitrogens with zero attached hydrogens (tertiary/aromatic N) is 3. The molecular formula is C18H20N4O2. The number of rotatable bonds is 5. The van der Waals surface area contributed by atoms with E-state index in [1.807, 2.05) is 25.1 Å². The molecule has 1 atom stereocenters. The number of benzene rings is 1.